The maximum absolute atomic E-state index is 12.1. The van der Waals surface area contributed by atoms with Gasteiger partial charge in [0.25, 0.3) is 0 Å². The van der Waals surface area contributed by atoms with E-state index < -0.39 is 36.1 Å². The van der Waals surface area contributed by atoms with Crippen molar-refractivity contribution in [1.82, 2.24) is 5.32 Å². The number of aryl methyl sites for hydroxylation is 1. The van der Waals surface area contributed by atoms with Gasteiger partial charge in [-0.2, -0.15) is 13.2 Å². The topological polar surface area (TPSA) is 125 Å². The largest absolute Gasteiger partial charge is 0.508 e. The molecule has 0 heterocycles. The van der Waals surface area contributed by atoms with E-state index in [1.54, 1.807) is 37.3 Å². The number of esters is 1. The molecule has 4 N–H and O–H groups in total. The van der Waals surface area contributed by atoms with Gasteiger partial charge in [0.15, 0.2) is 0 Å². The first-order chi connectivity index (χ1) is 15.9. The van der Waals surface area contributed by atoms with Crippen LogP contribution in [0.1, 0.15) is 34.8 Å². The Kier molecular flexibility index (Phi) is 8.88. The van der Waals surface area contributed by atoms with Crippen LogP contribution in [0, 0.1) is 0 Å². The number of methoxy groups -OCH3 is 1. The normalized spacial score (nSPS) is 15.6. The number of carboxylic acid groups (broad SMARTS) is 1. The molecule has 3 rings (SSSR count). The highest BCUT2D eigenvalue weighted by molar-refractivity contribution is 5.95. The van der Waals surface area contributed by atoms with Crippen molar-refractivity contribution in [2.45, 2.75) is 44.4 Å². The van der Waals surface area contributed by atoms with Crippen molar-refractivity contribution in [3.8, 4) is 5.75 Å². The van der Waals surface area contributed by atoms with Crippen LogP contribution < -0.4 is 10.6 Å². The highest BCUT2D eigenvalue weighted by Crippen LogP contribution is 2.26. The minimum Gasteiger partial charge on any atom is -0.508 e. The summed E-state index contributed by atoms with van der Waals surface area (Å²) in [5, 5.41) is 23.0. The minimum atomic E-state index is -4.84. The summed E-state index contributed by atoms with van der Waals surface area (Å²) in [6, 6.07) is 10.1. The average Bonchev–Trinajstić information content (AvgIpc) is 2.78. The van der Waals surface area contributed by atoms with Gasteiger partial charge in [0.1, 0.15) is 11.8 Å². The van der Waals surface area contributed by atoms with Gasteiger partial charge in [-0.3, -0.25) is 4.79 Å². The summed E-state index contributed by atoms with van der Waals surface area (Å²) < 4.78 is 40.9. The zero-order chi connectivity index (χ0) is 25.5. The number of nitrogens with one attached hydrogen (secondary N) is 2. The number of anilines is 1. The zero-order valence-corrected chi connectivity index (χ0v) is 18.5. The number of rotatable bonds is 5. The Morgan fingerprint density at radius 1 is 1.12 bits per heavy atom. The molecule has 0 saturated heterocycles. The van der Waals surface area contributed by atoms with Gasteiger partial charge in [-0.25, -0.2) is 9.59 Å². The van der Waals surface area contributed by atoms with Crippen LogP contribution in [0.5, 0.6) is 5.75 Å². The zero-order valence-electron chi connectivity index (χ0n) is 18.5. The molecule has 1 aliphatic rings. The smallest absolute Gasteiger partial charge is 0.471 e. The van der Waals surface area contributed by atoms with E-state index in [1.165, 1.54) is 19.2 Å². The first-order valence-electron chi connectivity index (χ1n) is 10.3. The second kappa shape index (κ2) is 11.4. The third kappa shape index (κ3) is 7.39. The lowest BCUT2D eigenvalue weighted by molar-refractivity contribution is -0.174. The molecule has 8 nitrogen and oxygen atoms in total. The Hall–Kier alpha value is -3.76. The van der Waals surface area contributed by atoms with E-state index >= 15 is 0 Å². The fourth-order valence-electron chi connectivity index (χ4n) is 3.40. The summed E-state index contributed by atoms with van der Waals surface area (Å²) in [6.45, 7) is 1.60. The Balaban J connectivity index is 0.000000242. The van der Waals surface area contributed by atoms with E-state index in [4.69, 9.17) is 5.11 Å². The average molecular weight is 482 g/mol. The molecule has 1 aliphatic carbocycles. The molecule has 2 aromatic rings. The van der Waals surface area contributed by atoms with Crippen LogP contribution in [-0.4, -0.2) is 53.4 Å². The van der Waals surface area contributed by atoms with Crippen LogP contribution in [0.25, 0.3) is 0 Å². The molecule has 11 heteroatoms. The quantitative estimate of drug-likeness (QED) is 0.482. The number of ether oxygens (including phenoxy) is 1. The Labute approximate surface area is 193 Å². The second-order valence-electron chi connectivity index (χ2n) is 7.60. The predicted octanol–water partition coefficient (Wildman–Crippen LogP) is 3.29. The van der Waals surface area contributed by atoms with E-state index in [0.717, 1.165) is 11.1 Å². The summed E-state index contributed by atoms with van der Waals surface area (Å²) in [5.74, 6) is -3.23. The highest BCUT2D eigenvalue weighted by Gasteiger charge is 2.40. The molecule has 0 bridgehead atoms. The molecule has 0 saturated carbocycles. The SMILES string of the molecule is COC(=O)[C@H](C)Nc1ccccc1C(=O)O.O=C(NC1CCc2cc(O)ccc2C1)C(F)(F)F. The molecule has 1 amide bonds. The molecule has 0 aliphatic heterocycles. The van der Waals surface area contributed by atoms with E-state index in [2.05, 4.69) is 10.1 Å². The monoisotopic (exact) mass is 482 g/mol. The molecule has 0 aromatic heterocycles. The van der Waals surface area contributed by atoms with Gasteiger partial charge in [0.05, 0.1) is 12.7 Å². The van der Waals surface area contributed by atoms with E-state index in [9.17, 15) is 32.7 Å². The van der Waals surface area contributed by atoms with Crippen molar-refractivity contribution >= 4 is 23.5 Å². The maximum atomic E-state index is 12.1. The number of carboxylic acids is 1. The van der Waals surface area contributed by atoms with Gasteiger partial charge in [-0.05, 0) is 61.6 Å². The van der Waals surface area contributed by atoms with Gasteiger partial charge in [-0.1, -0.05) is 18.2 Å². The molecule has 184 valence electrons. The van der Waals surface area contributed by atoms with Gasteiger partial charge < -0.3 is 25.6 Å². The minimum absolute atomic E-state index is 0.123. The third-order valence-electron chi connectivity index (χ3n) is 5.10. The number of fused-ring (bicyclic) bond motifs is 1. The predicted molar refractivity (Wildman–Crippen MR) is 117 cm³/mol. The first kappa shape index (κ1) is 26.5. The molecular weight excluding hydrogens is 457 g/mol. The Bertz CT molecular complexity index is 1040. The van der Waals surface area contributed by atoms with E-state index in [-0.39, 0.29) is 11.3 Å². The Morgan fingerprint density at radius 2 is 1.79 bits per heavy atom. The van der Waals surface area contributed by atoms with Crippen LogP contribution in [0.15, 0.2) is 42.5 Å². The standard InChI is InChI=1S/C12H12F3NO2.C11H13NO4/c13-12(14,15)11(18)16-9-3-1-8-6-10(17)4-2-7(8)5-9;1-7(11(15)16-2)12-9-6-4-3-5-8(9)10(13)14/h2,4,6,9,17H,1,3,5H2,(H,16,18);3-7,12H,1-2H3,(H,13,14)/t;7-/m.0/s1. The number of aromatic hydroxyl groups is 1. The number of para-hydroxylation sites is 1. The van der Waals surface area contributed by atoms with Crippen LogP contribution >= 0.6 is 0 Å². The van der Waals surface area contributed by atoms with Crippen molar-refractivity contribution < 1.29 is 42.5 Å². The molecule has 0 radical (unpaired) electrons. The maximum Gasteiger partial charge on any atom is 0.471 e. The number of phenolic OH excluding ortho intramolecular Hbond substituents is 1. The molecule has 0 fully saturated rings. The van der Waals surface area contributed by atoms with Crippen LogP contribution in [0.4, 0.5) is 18.9 Å². The number of benzene rings is 2. The molecule has 1 unspecified atom stereocenters. The third-order valence-corrected chi connectivity index (χ3v) is 5.10. The Morgan fingerprint density at radius 3 is 2.41 bits per heavy atom. The molecule has 2 atom stereocenters. The van der Waals surface area contributed by atoms with Crippen molar-refractivity contribution in [3.05, 3.63) is 59.2 Å². The second-order valence-corrected chi connectivity index (χ2v) is 7.60. The number of amides is 1. The van der Waals surface area contributed by atoms with Crippen molar-refractivity contribution in [2.24, 2.45) is 0 Å². The number of phenols is 1. The van der Waals surface area contributed by atoms with Crippen LogP contribution in [0.2, 0.25) is 0 Å². The molecule has 34 heavy (non-hydrogen) atoms. The lowest BCUT2D eigenvalue weighted by Crippen LogP contribution is -2.45. The van der Waals surface area contributed by atoms with Gasteiger partial charge >= 0.3 is 24.0 Å². The van der Waals surface area contributed by atoms with Gasteiger partial charge in [0, 0.05) is 11.7 Å². The number of carbonyl (C=O) groups is 3. The fourth-order valence-corrected chi connectivity index (χ4v) is 3.40. The van der Waals surface area contributed by atoms with E-state index in [1.807, 2.05) is 5.32 Å². The first-order valence-corrected chi connectivity index (χ1v) is 10.3. The fraction of sp³-hybridized carbons (Fsp3) is 0.348. The lowest BCUT2D eigenvalue weighted by atomic mass is 9.88. The summed E-state index contributed by atoms with van der Waals surface area (Å²) >= 11 is 0. The summed E-state index contributed by atoms with van der Waals surface area (Å²) in [6.07, 6.45) is -3.49. The van der Waals surface area contributed by atoms with Gasteiger partial charge in [0.2, 0.25) is 0 Å². The summed E-state index contributed by atoms with van der Waals surface area (Å²) in [5.41, 5.74) is 2.31. The van der Waals surface area contributed by atoms with Crippen LogP contribution in [-0.2, 0) is 27.2 Å². The highest BCUT2D eigenvalue weighted by atomic mass is 19.4. The number of hydrogen-bond acceptors (Lipinski definition) is 6. The van der Waals surface area contributed by atoms with E-state index in [0.29, 0.717) is 24.9 Å². The molecule has 0 spiro atoms. The number of halogens is 3. The molecular formula is C23H25F3N2O6. The van der Waals surface area contributed by atoms with Crippen molar-refractivity contribution in [3.63, 3.8) is 0 Å². The number of hydrogen-bond donors (Lipinski definition) is 4. The number of alkyl halides is 3. The lowest BCUT2D eigenvalue weighted by Gasteiger charge is -2.25. The van der Waals surface area contributed by atoms with Gasteiger partial charge in [-0.15, -0.1) is 0 Å². The summed E-state index contributed by atoms with van der Waals surface area (Å²) in [7, 11) is 1.28. The summed E-state index contributed by atoms with van der Waals surface area (Å²) in [4.78, 5) is 32.9. The number of carbonyl (C=O) groups excluding carboxylic acids is 2. The van der Waals surface area contributed by atoms with Crippen molar-refractivity contribution in [2.75, 3.05) is 12.4 Å². The van der Waals surface area contributed by atoms with Crippen LogP contribution in [0.3, 0.4) is 0 Å². The molecule has 2 aromatic carbocycles. The number of aromatic carboxylic acids is 1. The van der Waals surface area contributed by atoms with Crippen molar-refractivity contribution in [1.29, 1.82) is 0 Å².